The van der Waals surface area contributed by atoms with Crippen LogP contribution in [0.15, 0.2) is 12.3 Å². The predicted octanol–water partition coefficient (Wildman–Crippen LogP) is 2.04. The van der Waals surface area contributed by atoms with Gasteiger partial charge in [-0.3, -0.25) is 9.78 Å². The lowest BCUT2D eigenvalue weighted by molar-refractivity contribution is -0.139. The molecule has 0 unspecified atom stereocenters. The zero-order valence-electron chi connectivity index (χ0n) is 8.46. The van der Waals surface area contributed by atoms with E-state index in [0.717, 1.165) is 0 Å². The number of alkyl halides is 2. The van der Waals surface area contributed by atoms with E-state index in [1.807, 2.05) is 0 Å². The minimum atomic E-state index is -2.68. The summed E-state index contributed by atoms with van der Waals surface area (Å²) in [5.41, 5.74) is 0.519. The summed E-state index contributed by atoms with van der Waals surface area (Å²) in [7, 11) is 1.22. The number of methoxy groups -OCH3 is 1. The molecule has 0 aliphatic carbocycles. The van der Waals surface area contributed by atoms with Crippen molar-refractivity contribution in [2.45, 2.75) is 19.8 Å². The highest BCUT2D eigenvalue weighted by Crippen LogP contribution is 2.23. The van der Waals surface area contributed by atoms with Crippen molar-refractivity contribution >= 4 is 5.97 Å². The van der Waals surface area contributed by atoms with Gasteiger partial charge in [-0.1, -0.05) is 0 Å². The number of pyridine rings is 1. The van der Waals surface area contributed by atoms with Gasteiger partial charge >= 0.3 is 5.97 Å². The number of hydrogen-bond donors (Lipinski definition) is 0. The molecule has 0 radical (unpaired) electrons. The van der Waals surface area contributed by atoms with Gasteiger partial charge in [0.2, 0.25) is 0 Å². The molecule has 1 aromatic heterocycles. The SMILES string of the molecule is COC(=O)Cc1c(C)ccnc1C(F)F. The molecular formula is C10H11F2NO2. The summed E-state index contributed by atoms with van der Waals surface area (Å²) in [5, 5.41) is 0. The Hall–Kier alpha value is -1.52. The van der Waals surface area contributed by atoms with Crippen molar-refractivity contribution in [2.24, 2.45) is 0 Å². The second-order valence-electron chi connectivity index (χ2n) is 3.05. The van der Waals surface area contributed by atoms with E-state index in [-0.39, 0.29) is 17.7 Å². The van der Waals surface area contributed by atoms with E-state index in [2.05, 4.69) is 9.72 Å². The van der Waals surface area contributed by atoms with Gasteiger partial charge in [-0.2, -0.15) is 0 Å². The first kappa shape index (κ1) is 11.6. The Morgan fingerprint density at radius 1 is 1.60 bits per heavy atom. The summed E-state index contributed by atoms with van der Waals surface area (Å²) in [6, 6.07) is 1.59. The minimum Gasteiger partial charge on any atom is -0.469 e. The molecule has 1 rings (SSSR count). The van der Waals surface area contributed by atoms with Crippen molar-refractivity contribution in [1.82, 2.24) is 4.98 Å². The van der Waals surface area contributed by atoms with E-state index in [4.69, 9.17) is 0 Å². The molecule has 0 spiro atoms. The van der Waals surface area contributed by atoms with Gasteiger partial charge in [0.15, 0.2) is 0 Å². The van der Waals surface area contributed by atoms with Crippen LogP contribution in [0.2, 0.25) is 0 Å². The number of esters is 1. The fourth-order valence-corrected chi connectivity index (χ4v) is 1.24. The molecule has 15 heavy (non-hydrogen) atoms. The zero-order chi connectivity index (χ0) is 11.4. The summed E-state index contributed by atoms with van der Waals surface area (Å²) in [4.78, 5) is 14.6. The number of carbonyl (C=O) groups is 1. The van der Waals surface area contributed by atoms with Crippen molar-refractivity contribution in [3.05, 3.63) is 29.1 Å². The average molecular weight is 215 g/mol. The second-order valence-corrected chi connectivity index (χ2v) is 3.05. The molecule has 82 valence electrons. The summed E-state index contributed by atoms with van der Waals surface area (Å²) in [6.45, 7) is 1.66. The van der Waals surface area contributed by atoms with E-state index in [0.29, 0.717) is 5.56 Å². The van der Waals surface area contributed by atoms with Crippen LogP contribution < -0.4 is 0 Å². The summed E-state index contributed by atoms with van der Waals surface area (Å²) in [6.07, 6.45) is -1.54. The third-order valence-corrected chi connectivity index (χ3v) is 2.08. The number of nitrogens with zero attached hydrogens (tertiary/aromatic N) is 1. The molecule has 0 aliphatic heterocycles. The monoisotopic (exact) mass is 215 g/mol. The molecule has 0 aromatic carbocycles. The van der Waals surface area contributed by atoms with Crippen molar-refractivity contribution in [1.29, 1.82) is 0 Å². The van der Waals surface area contributed by atoms with Crippen molar-refractivity contribution in [3.63, 3.8) is 0 Å². The third kappa shape index (κ3) is 2.71. The van der Waals surface area contributed by atoms with Crippen LogP contribution in [0.5, 0.6) is 0 Å². The van der Waals surface area contributed by atoms with Gasteiger partial charge in [-0.05, 0) is 24.1 Å². The van der Waals surface area contributed by atoms with Crippen LogP contribution >= 0.6 is 0 Å². The molecule has 1 heterocycles. The molecule has 0 saturated carbocycles. The average Bonchev–Trinajstić information content (AvgIpc) is 2.20. The van der Waals surface area contributed by atoms with Crippen molar-refractivity contribution in [3.8, 4) is 0 Å². The molecule has 0 fully saturated rings. The van der Waals surface area contributed by atoms with Crippen molar-refractivity contribution < 1.29 is 18.3 Å². The largest absolute Gasteiger partial charge is 0.469 e. The quantitative estimate of drug-likeness (QED) is 0.724. The summed E-state index contributed by atoms with van der Waals surface area (Å²) >= 11 is 0. The van der Waals surface area contributed by atoms with E-state index >= 15 is 0 Å². The molecule has 0 N–H and O–H groups in total. The van der Waals surface area contributed by atoms with E-state index < -0.39 is 12.4 Å². The highest BCUT2D eigenvalue weighted by molar-refractivity contribution is 5.73. The Balaban J connectivity index is 3.07. The zero-order valence-corrected chi connectivity index (χ0v) is 8.46. The van der Waals surface area contributed by atoms with Crippen LogP contribution in [-0.4, -0.2) is 18.1 Å². The van der Waals surface area contributed by atoms with Crippen LogP contribution in [0.3, 0.4) is 0 Å². The molecule has 3 nitrogen and oxygen atoms in total. The Labute approximate surface area is 86.1 Å². The van der Waals surface area contributed by atoms with Gasteiger partial charge in [-0.15, -0.1) is 0 Å². The standard InChI is InChI=1S/C10H11F2NO2/c1-6-3-4-13-9(10(11)12)7(6)5-8(14)15-2/h3-4,10H,5H2,1-2H3. The second kappa shape index (κ2) is 4.82. The van der Waals surface area contributed by atoms with Gasteiger partial charge in [-0.25, -0.2) is 8.78 Å². The molecule has 1 aromatic rings. The topological polar surface area (TPSA) is 39.2 Å². The normalized spacial score (nSPS) is 10.5. The lowest BCUT2D eigenvalue weighted by Gasteiger charge is -2.09. The van der Waals surface area contributed by atoms with Crippen LogP contribution in [0.4, 0.5) is 8.78 Å². The summed E-state index contributed by atoms with van der Waals surface area (Å²) in [5.74, 6) is -0.548. The lowest BCUT2D eigenvalue weighted by atomic mass is 10.0. The van der Waals surface area contributed by atoms with Crippen LogP contribution in [0.25, 0.3) is 0 Å². The van der Waals surface area contributed by atoms with Gasteiger partial charge < -0.3 is 4.74 Å². The Bertz CT molecular complexity index is 366. The molecule has 0 aliphatic rings. The number of carbonyl (C=O) groups excluding carboxylic acids is 1. The Kier molecular flexibility index (Phi) is 3.71. The first-order chi connectivity index (χ1) is 7.06. The molecule has 0 saturated heterocycles. The first-order valence-electron chi connectivity index (χ1n) is 4.35. The number of halogens is 2. The molecule has 0 amide bonds. The van der Waals surface area contributed by atoms with Crippen molar-refractivity contribution in [2.75, 3.05) is 7.11 Å². The fraction of sp³-hybridized carbons (Fsp3) is 0.400. The molecule has 5 heteroatoms. The number of rotatable bonds is 3. The fourth-order valence-electron chi connectivity index (χ4n) is 1.24. The first-order valence-corrected chi connectivity index (χ1v) is 4.35. The minimum absolute atomic E-state index is 0.171. The number of aromatic nitrogens is 1. The van der Waals surface area contributed by atoms with E-state index in [1.54, 1.807) is 13.0 Å². The van der Waals surface area contributed by atoms with Crippen LogP contribution in [0.1, 0.15) is 23.2 Å². The third-order valence-electron chi connectivity index (χ3n) is 2.08. The number of hydrogen-bond acceptors (Lipinski definition) is 3. The molecule has 0 bridgehead atoms. The van der Waals surface area contributed by atoms with Crippen LogP contribution in [0, 0.1) is 6.92 Å². The van der Waals surface area contributed by atoms with E-state index in [1.165, 1.54) is 13.3 Å². The molecule has 0 atom stereocenters. The maximum Gasteiger partial charge on any atom is 0.310 e. The Morgan fingerprint density at radius 3 is 2.80 bits per heavy atom. The molecular weight excluding hydrogens is 204 g/mol. The van der Waals surface area contributed by atoms with Gasteiger partial charge in [0.1, 0.15) is 5.69 Å². The predicted molar refractivity (Wildman–Crippen MR) is 49.7 cm³/mol. The van der Waals surface area contributed by atoms with Gasteiger partial charge in [0, 0.05) is 6.20 Å². The maximum atomic E-state index is 12.5. The van der Waals surface area contributed by atoms with Gasteiger partial charge in [0.05, 0.1) is 13.5 Å². The smallest absolute Gasteiger partial charge is 0.310 e. The number of aryl methyl sites for hydroxylation is 1. The maximum absolute atomic E-state index is 12.5. The van der Waals surface area contributed by atoms with Crippen LogP contribution in [-0.2, 0) is 16.0 Å². The van der Waals surface area contributed by atoms with E-state index in [9.17, 15) is 13.6 Å². The summed E-state index contributed by atoms with van der Waals surface area (Å²) < 4.78 is 29.5. The lowest BCUT2D eigenvalue weighted by Crippen LogP contribution is -2.10. The van der Waals surface area contributed by atoms with Gasteiger partial charge in [0.25, 0.3) is 6.43 Å². The number of ether oxygens (including phenoxy) is 1. The Morgan fingerprint density at radius 2 is 2.27 bits per heavy atom. The highest BCUT2D eigenvalue weighted by Gasteiger charge is 2.18. The highest BCUT2D eigenvalue weighted by atomic mass is 19.3.